The summed E-state index contributed by atoms with van der Waals surface area (Å²) >= 11 is 0. The van der Waals surface area contributed by atoms with Crippen molar-refractivity contribution in [1.29, 1.82) is 0 Å². The standard InChI is InChI=1S/C18H27NO3/c1-18(2,3)22-17(21)15-19(12-7-8-14-20)13-11-16-9-5-4-6-10-16/h4-6,9-10,14H,7-8,11-13,15H2,1-3H3. The molecule has 1 aromatic carbocycles. The Bertz CT molecular complexity index is 451. The number of benzene rings is 1. The molecule has 0 N–H and O–H groups in total. The predicted octanol–water partition coefficient (Wildman–Crippen LogP) is 2.85. The zero-order valence-electron chi connectivity index (χ0n) is 13.9. The van der Waals surface area contributed by atoms with Crippen molar-refractivity contribution >= 4 is 12.3 Å². The van der Waals surface area contributed by atoms with E-state index in [1.807, 2.05) is 39.0 Å². The van der Waals surface area contributed by atoms with Gasteiger partial charge in [-0.2, -0.15) is 0 Å². The van der Waals surface area contributed by atoms with E-state index in [4.69, 9.17) is 4.74 Å². The molecule has 0 amide bonds. The Morgan fingerprint density at radius 2 is 1.86 bits per heavy atom. The lowest BCUT2D eigenvalue weighted by atomic mass is 10.1. The van der Waals surface area contributed by atoms with Crippen molar-refractivity contribution in [1.82, 2.24) is 4.90 Å². The number of carbonyl (C=O) groups excluding carboxylic acids is 2. The van der Waals surface area contributed by atoms with Gasteiger partial charge in [-0.1, -0.05) is 30.3 Å². The van der Waals surface area contributed by atoms with E-state index in [1.165, 1.54) is 5.56 Å². The molecule has 122 valence electrons. The fourth-order valence-corrected chi connectivity index (χ4v) is 2.16. The van der Waals surface area contributed by atoms with E-state index >= 15 is 0 Å². The summed E-state index contributed by atoms with van der Waals surface area (Å²) in [5, 5.41) is 0. The zero-order valence-corrected chi connectivity index (χ0v) is 13.9. The molecule has 4 nitrogen and oxygen atoms in total. The van der Waals surface area contributed by atoms with Crippen molar-refractivity contribution < 1.29 is 14.3 Å². The highest BCUT2D eigenvalue weighted by Crippen LogP contribution is 2.08. The Kier molecular flexibility index (Phi) is 7.82. The van der Waals surface area contributed by atoms with E-state index in [0.717, 1.165) is 32.2 Å². The third-order valence-corrected chi connectivity index (χ3v) is 3.13. The van der Waals surface area contributed by atoms with Crippen LogP contribution >= 0.6 is 0 Å². The van der Waals surface area contributed by atoms with E-state index in [0.29, 0.717) is 6.42 Å². The second kappa shape index (κ2) is 9.36. The first-order valence-corrected chi connectivity index (χ1v) is 7.82. The fraction of sp³-hybridized carbons (Fsp3) is 0.556. The number of unbranched alkanes of at least 4 members (excludes halogenated alkanes) is 1. The van der Waals surface area contributed by atoms with Gasteiger partial charge in [0.05, 0.1) is 6.54 Å². The molecule has 0 saturated heterocycles. The zero-order chi connectivity index (χ0) is 16.4. The van der Waals surface area contributed by atoms with Gasteiger partial charge in [-0.05, 0) is 45.7 Å². The molecule has 22 heavy (non-hydrogen) atoms. The second-order valence-electron chi connectivity index (χ2n) is 6.41. The summed E-state index contributed by atoms with van der Waals surface area (Å²) in [6.07, 6.45) is 3.09. The SMILES string of the molecule is CC(C)(C)OC(=O)CN(CCCC=O)CCc1ccccc1. The van der Waals surface area contributed by atoms with E-state index in [2.05, 4.69) is 17.0 Å². The Morgan fingerprint density at radius 3 is 2.45 bits per heavy atom. The molecule has 0 fully saturated rings. The van der Waals surface area contributed by atoms with Crippen LogP contribution in [0.5, 0.6) is 0 Å². The molecule has 0 spiro atoms. The number of nitrogens with zero attached hydrogens (tertiary/aromatic N) is 1. The third kappa shape index (κ3) is 8.57. The molecule has 0 saturated carbocycles. The molecule has 0 aliphatic heterocycles. The van der Waals surface area contributed by atoms with E-state index in [-0.39, 0.29) is 12.5 Å². The van der Waals surface area contributed by atoms with E-state index in [1.54, 1.807) is 0 Å². The Morgan fingerprint density at radius 1 is 1.18 bits per heavy atom. The van der Waals surface area contributed by atoms with Crippen LogP contribution < -0.4 is 0 Å². The summed E-state index contributed by atoms with van der Waals surface area (Å²) in [5.41, 5.74) is 0.775. The minimum atomic E-state index is -0.467. The van der Waals surface area contributed by atoms with Crippen LogP contribution in [0, 0.1) is 0 Å². The molecule has 4 heteroatoms. The summed E-state index contributed by atoms with van der Waals surface area (Å²) in [4.78, 5) is 24.5. The minimum Gasteiger partial charge on any atom is -0.459 e. The maximum absolute atomic E-state index is 12.0. The van der Waals surface area contributed by atoms with Crippen LogP contribution in [0.2, 0.25) is 0 Å². The monoisotopic (exact) mass is 305 g/mol. The topological polar surface area (TPSA) is 46.6 Å². The molecule has 0 aromatic heterocycles. The van der Waals surface area contributed by atoms with Gasteiger partial charge in [0, 0.05) is 13.0 Å². The molecule has 0 aliphatic rings. The van der Waals surface area contributed by atoms with Crippen molar-refractivity contribution in [3.8, 4) is 0 Å². The number of hydrogen-bond donors (Lipinski definition) is 0. The molecule has 1 rings (SSSR count). The maximum Gasteiger partial charge on any atom is 0.320 e. The molecular weight excluding hydrogens is 278 g/mol. The van der Waals surface area contributed by atoms with Gasteiger partial charge in [0.1, 0.15) is 11.9 Å². The lowest BCUT2D eigenvalue weighted by Crippen LogP contribution is -2.36. The maximum atomic E-state index is 12.0. The average molecular weight is 305 g/mol. The molecule has 0 aliphatic carbocycles. The second-order valence-corrected chi connectivity index (χ2v) is 6.41. The number of hydrogen-bond acceptors (Lipinski definition) is 4. The Labute approximate surface area is 133 Å². The molecule has 1 aromatic rings. The van der Waals surface area contributed by atoms with Crippen molar-refractivity contribution in [2.24, 2.45) is 0 Å². The molecule has 0 heterocycles. The molecule has 0 unspecified atom stereocenters. The number of carbonyl (C=O) groups is 2. The van der Waals surface area contributed by atoms with Crippen LogP contribution in [-0.2, 0) is 20.7 Å². The molecular formula is C18H27NO3. The smallest absolute Gasteiger partial charge is 0.320 e. The fourth-order valence-electron chi connectivity index (χ4n) is 2.16. The van der Waals surface area contributed by atoms with Crippen LogP contribution in [-0.4, -0.2) is 42.4 Å². The van der Waals surface area contributed by atoms with Gasteiger partial charge in [-0.25, -0.2) is 0 Å². The van der Waals surface area contributed by atoms with Gasteiger partial charge in [-0.3, -0.25) is 9.69 Å². The lowest BCUT2D eigenvalue weighted by Gasteiger charge is -2.25. The number of rotatable bonds is 9. The van der Waals surface area contributed by atoms with E-state index in [9.17, 15) is 9.59 Å². The summed E-state index contributed by atoms with van der Waals surface area (Å²) < 4.78 is 5.38. The van der Waals surface area contributed by atoms with Crippen LogP contribution in [0.4, 0.5) is 0 Å². The Balaban J connectivity index is 2.51. The van der Waals surface area contributed by atoms with E-state index < -0.39 is 5.60 Å². The molecule has 0 bridgehead atoms. The summed E-state index contributed by atoms with van der Waals surface area (Å²) in [6, 6.07) is 10.2. The average Bonchev–Trinajstić information content (AvgIpc) is 2.44. The number of esters is 1. The summed E-state index contributed by atoms with van der Waals surface area (Å²) in [5.74, 6) is -0.216. The van der Waals surface area contributed by atoms with Crippen LogP contribution in [0.15, 0.2) is 30.3 Å². The van der Waals surface area contributed by atoms with Crippen LogP contribution in [0.25, 0.3) is 0 Å². The highest BCUT2D eigenvalue weighted by atomic mass is 16.6. The van der Waals surface area contributed by atoms with Crippen molar-refractivity contribution in [2.75, 3.05) is 19.6 Å². The van der Waals surface area contributed by atoms with Crippen LogP contribution in [0.1, 0.15) is 39.2 Å². The lowest BCUT2D eigenvalue weighted by molar-refractivity contribution is -0.156. The van der Waals surface area contributed by atoms with Gasteiger partial charge in [0.2, 0.25) is 0 Å². The highest BCUT2D eigenvalue weighted by Gasteiger charge is 2.18. The number of aldehydes is 1. The van der Waals surface area contributed by atoms with Gasteiger partial charge < -0.3 is 9.53 Å². The molecule has 0 atom stereocenters. The highest BCUT2D eigenvalue weighted by molar-refractivity contribution is 5.72. The Hall–Kier alpha value is -1.68. The quantitative estimate of drug-likeness (QED) is 0.400. The van der Waals surface area contributed by atoms with Gasteiger partial charge in [0.15, 0.2) is 0 Å². The summed E-state index contributed by atoms with van der Waals surface area (Å²) in [6.45, 7) is 7.37. The van der Waals surface area contributed by atoms with Crippen LogP contribution in [0.3, 0.4) is 0 Å². The first-order chi connectivity index (χ1) is 10.4. The first-order valence-electron chi connectivity index (χ1n) is 7.82. The largest absolute Gasteiger partial charge is 0.459 e. The molecule has 0 radical (unpaired) electrons. The third-order valence-electron chi connectivity index (χ3n) is 3.13. The predicted molar refractivity (Wildman–Crippen MR) is 87.7 cm³/mol. The summed E-state index contributed by atoms with van der Waals surface area (Å²) in [7, 11) is 0. The normalized spacial score (nSPS) is 11.5. The number of ether oxygens (including phenoxy) is 1. The van der Waals surface area contributed by atoms with Crippen molar-refractivity contribution in [3.63, 3.8) is 0 Å². The first kappa shape index (κ1) is 18.4. The van der Waals surface area contributed by atoms with Gasteiger partial charge in [0.25, 0.3) is 0 Å². The van der Waals surface area contributed by atoms with Gasteiger partial charge in [-0.15, -0.1) is 0 Å². The van der Waals surface area contributed by atoms with Crippen molar-refractivity contribution in [3.05, 3.63) is 35.9 Å². The minimum absolute atomic E-state index is 0.216. The van der Waals surface area contributed by atoms with Crippen molar-refractivity contribution in [2.45, 2.75) is 45.6 Å². The van der Waals surface area contributed by atoms with Gasteiger partial charge >= 0.3 is 5.97 Å².